The predicted octanol–water partition coefficient (Wildman–Crippen LogP) is 9.04. The summed E-state index contributed by atoms with van der Waals surface area (Å²) in [4.78, 5) is 0. The summed E-state index contributed by atoms with van der Waals surface area (Å²) >= 11 is 0. The first-order valence-corrected chi connectivity index (χ1v) is 11.8. The molecule has 6 aromatic carbocycles. The van der Waals surface area contributed by atoms with Crippen LogP contribution in [0.4, 0.5) is 0 Å². The molecule has 0 aliphatic heterocycles. The summed E-state index contributed by atoms with van der Waals surface area (Å²) in [7, 11) is 0. The largest absolute Gasteiger partial charge is 0.341 e. The number of benzene rings is 6. The molecule has 7 rings (SSSR count). The molecule has 0 saturated carbocycles. The zero-order chi connectivity index (χ0) is 22.3. The van der Waals surface area contributed by atoms with E-state index in [9.17, 15) is 0 Å². The summed E-state index contributed by atoms with van der Waals surface area (Å²) in [5, 5.41) is 13.5. The Morgan fingerprint density at radius 2 is 0.879 bits per heavy atom. The van der Waals surface area contributed by atoms with Crippen LogP contribution >= 0.6 is 0 Å². The molecule has 1 heterocycles. The molecule has 0 atom stereocenters. The Morgan fingerprint density at radius 1 is 0.485 bits per heavy atom. The van der Waals surface area contributed by atoms with Crippen LogP contribution in [-0.4, -0.2) is 4.57 Å². The fourth-order valence-electron chi connectivity index (χ4n) is 5.92. The second-order valence-electron chi connectivity index (χ2n) is 9.44. The standard InChI is InChI=1S/C32H25N/c1-4-33-27-15-13-23-11-9-21-7-5-19(2)17-25(21)29(23)31(27)32-28(33)16-14-24-12-10-22-8-6-20(3)18-26(22)30(24)32/h5-18H,4H2,1-3H3. The van der Waals surface area contributed by atoms with E-state index in [1.807, 2.05) is 0 Å². The lowest BCUT2D eigenvalue weighted by Crippen LogP contribution is -1.93. The summed E-state index contributed by atoms with van der Waals surface area (Å²) in [6.07, 6.45) is 0. The third-order valence-corrected chi connectivity index (χ3v) is 7.42. The van der Waals surface area contributed by atoms with Gasteiger partial charge in [-0.25, -0.2) is 0 Å². The van der Waals surface area contributed by atoms with Crippen molar-refractivity contribution in [1.82, 2.24) is 4.57 Å². The lowest BCUT2D eigenvalue weighted by Gasteiger charge is -2.10. The van der Waals surface area contributed by atoms with Crippen LogP contribution in [0.15, 0.2) is 84.9 Å². The third-order valence-electron chi connectivity index (χ3n) is 7.42. The van der Waals surface area contributed by atoms with E-state index in [0.29, 0.717) is 0 Å². The molecular weight excluding hydrogens is 398 g/mol. The van der Waals surface area contributed by atoms with Gasteiger partial charge in [-0.2, -0.15) is 0 Å². The molecule has 0 radical (unpaired) electrons. The third kappa shape index (κ3) is 2.48. The molecule has 1 nitrogen and oxygen atoms in total. The molecule has 0 bridgehead atoms. The average molecular weight is 424 g/mol. The molecule has 0 fully saturated rings. The number of aromatic nitrogens is 1. The molecule has 158 valence electrons. The van der Waals surface area contributed by atoms with Crippen LogP contribution in [-0.2, 0) is 6.54 Å². The summed E-state index contributed by atoms with van der Waals surface area (Å²) in [5.74, 6) is 0. The van der Waals surface area contributed by atoms with Crippen molar-refractivity contribution in [3.05, 3.63) is 96.1 Å². The number of aryl methyl sites for hydroxylation is 3. The number of hydrogen-bond donors (Lipinski definition) is 0. The maximum absolute atomic E-state index is 2.49. The van der Waals surface area contributed by atoms with Crippen molar-refractivity contribution in [2.45, 2.75) is 27.3 Å². The topological polar surface area (TPSA) is 4.93 Å². The van der Waals surface area contributed by atoms with Crippen molar-refractivity contribution < 1.29 is 0 Å². The Kier molecular flexibility index (Phi) is 3.73. The second-order valence-corrected chi connectivity index (χ2v) is 9.44. The molecule has 0 spiro atoms. The highest BCUT2D eigenvalue weighted by Crippen LogP contribution is 2.43. The molecule has 7 aromatic rings. The molecular formula is C32H25N. The van der Waals surface area contributed by atoms with Gasteiger partial charge in [0.1, 0.15) is 0 Å². The lowest BCUT2D eigenvalue weighted by atomic mass is 9.93. The van der Waals surface area contributed by atoms with Crippen molar-refractivity contribution in [2.24, 2.45) is 0 Å². The molecule has 0 aliphatic rings. The fourth-order valence-corrected chi connectivity index (χ4v) is 5.92. The Bertz CT molecular complexity index is 1780. The van der Waals surface area contributed by atoms with Gasteiger partial charge in [0.2, 0.25) is 0 Å². The number of hydrogen-bond acceptors (Lipinski definition) is 0. The van der Waals surface area contributed by atoms with Crippen molar-refractivity contribution in [1.29, 1.82) is 0 Å². The van der Waals surface area contributed by atoms with Crippen LogP contribution in [0.3, 0.4) is 0 Å². The highest BCUT2D eigenvalue weighted by molar-refractivity contribution is 6.35. The van der Waals surface area contributed by atoms with Crippen LogP contribution in [0.1, 0.15) is 18.1 Å². The normalized spacial score (nSPS) is 12.2. The van der Waals surface area contributed by atoms with Crippen molar-refractivity contribution in [3.8, 4) is 0 Å². The summed E-state index contributed by atoms with van der Waals surface area (Å²) in [5.41, 5.74) is 5.26. The van der Waals surface area contributed by atoms with Gasteiger partial charge in [0, 0.05) is 28.4 Å². The van der Waals surface area contributed by atoms with E-state index < -0.39 is 0 Å². The van der Waals surface area contributed by atoms with Crippen molar-refractivity contribution >= 4 is 64.9 Å². The monoisotopic (exact) mass is 423 g/mol. The molecule has 0 aliphatic carbocycles. The van der Waals surface area contributed by atoms with Crippen LogP contribution in [0, 0.1) is 13.8 Å². The van der Waals surface area contributed by atoms with Gasteiger partial charge in [-0.3, -0.25) is 0 Å². The van der Waals surface area contributed by atoms with E-state index in [-0.39, 0.29) is 0 Å². The molecule has 1 aromatic heterocycles. The maximum Gasteiger partial charge on any atom is 0.0498 e. The van der Waals surface area contributed by atoms with Gasteiger partial charge >= 0.3 is 0 Å². The minimum Gasteiger partial charge on any atom is -0.341 e. The zero-order valence-corrected chi connectivity index (χ0v) is 19.2. The van der Waals surface area contributed by atoms with Crippen LogP contribution in [0.5, 0.6) is 0 Å². The fraction of sp³-hybridized carbons (Fsp3) is 0.125. The lowest BCUT2D eigenvalue weighted by molar-refractivity contribution is 0.827. The second kappa shape index (κ2) is 6.59. The van der Waals surface area contributed by atoms with Crippen LogP contribution in [0.25, 0.3) is 64.9 Å². The summed E-state index contributed by atoms with van der Waals surface area (Å²) < 4.78 is 2.49. The van der Waals surface area contributed by atoms with E-state index in [0.717, 1.165) is 6.54 Å². The van der Waals surface area contributed by atoms with Crippen LogP contribution in [0.2, 0.25) is 0 Å². The average Bonchev–Trinajstić information content (AvgIpc) is 3.17. The molecule has 1 heteroatoms. The zero-order valence-electron chi connectivity index (χ0n) is 19.2. The van der Waals surface area contributed by atoms with Gasteiger partial charge < -0.3 is 4.57 Å². The minimum atomic E-state index is 0.949. The van der Waals surface area contributed by atoms with Gasteiger partial charge in [-0.15, -0.1) is 0 Å². The van der Waals surface area contributed by atoms with E-state index in [1.54, 1.807) is 0 Å². The van der Waals surface area contributed by atoms with Gasteiger partial charge in [-0.05, 0) is 76.0 Å². The van der Waals surface area contributed by atoms with E-state index >= 15 is 0 Å². The Balaban J connectivity index is 1.88. The van der Waals surface area contributed by atoms with E-state index in [4.69, 9.17) is 0 Å². The number of fused-ring (bicyclic) bond motifs is 11. The number of nitrogens with zero attached hydrogens (tertiary/aromatic N) is 1. The maximum atomic E-state index is 2.49. The molecule has 0 unspecified atom stereocenters. The number of rotatable bonds is 1. The van der Waals surface area contributed by atoms with Gasteiger partial charge in [0.15, 0.2) is 0 Å². The quantitative estimate of drug-likeness (QED) is 0.232. The minimum absolute atomic E-state index is 0.949. The first-order valence-electron chi connectivity index (χ1n) is 11.8. The first-order chi connectivity index (χ1) is 16.1. The van der Waals surface area contributed by atoms with Gasteiger partial charge in [0.25, 0.3) is 0 Å². The highest BCUT2D eigenvalue weighted by Gasteiger charge is 2.18. The van der Waals surface area contributed by atoms with E-state index in [2.05, 4.69) is 110 Å². The molecule has 0 saturated heterocycles. The predicted molar refractivity (Wildman–Crippen MR) is 145 cm³/mol. The van der Waals surface area contributed by atoms with Crippen molar-refractivity contribution in [3.63, 3.8) is 0 Å². The Labute approximate surface area is 192 Å². The molecule has 0 N–H and O–H groups in total. The summed E-state index contributed by atoms with van der Waals surface area (Å²) in [6.45, 7) is 7.59. The van der Waals surface area contributed by atoms with E-state index in [1.165, 1.54) is 76.0 Å². The van der Waals surface area contributed by atoms with Gasteiger partial charge in [0.05, 0.1) is 0 Å². The molecule has 33 heavy (non-hydrogen) atoms. The highest BCUT2D eigenvalue weighted by atomic mass is 15.0. The Hall–Kier alpha value is -3.84. The van der Waals surface area contributed by atoms with Crippen LogP contribution < -0.4 is 0 Å². The first kappa shape index (κ1) is 18.7. The summed E-state index contributed by atoms with van der Waals surface area (Å²) in [6, 6.07) is 32.0. The Morgan fingerprint density at radius 3 is 1.33 bits per heavy atom. The SMILES string of the molecule is CCn1c2ccc3ccc4ccc(C)cc4c3c2c2c3c(ccc4ccc(C)cc43)ccc21. The molecule has 0 amide bonds. The smallest absolute Gasteiger partial charge is 0.0498 e. The van der Waals surface area contributed by atoms with Crippen molar-refractivity contribution in [2.75, 3.05) is 0 Å². The van der Waals surface area contributed by atoms with Gasteiger partial charge in [-0.1, -0.05) is 83.9 Å².